The van der Waals surface area contributed by atoms with E-state index in [0.717, 1.165) is 4.47 Å². The number of nitrogens with zero attached hydrogens (tertiary/aromatic N) is 2. The van der Waals surface area contributed by atoms with Crippen LogP contribution in [-0.2, 0) is 9.59 Å². The van der Waals surface area contributed by atoms with Crippen molar-refractivity contribution < 1.29 is 19.6 Å². The Hall–Kier alpha value is -3.78. The Bertz CT molecular complexity index is 1200. The van der Waals surface area contributed by atoms with Gasteiger partial charge in [0.2, 0.25) is 0 Å². The molecule has 4 rings (SSSR count). The highest BCUT2D eigenvalue weighted by Crippen LogP contribution is 2.42. The summed E-state index contributed by atoms with van der Waals surface area (Å²) in [6.45, 7) is 0. The minimum Gasteiger partial charge on any atom is -0.507 e. The van der Waals surface area contributed by atoms with Crippen LogP contribution in [-0.4, -0.2) is 21.7 Å². The van der Waals surface area contributed by atoms with Crippen LogP contribution in [0.3, 0.4) is 0 Å². The summed E-state index contributed by atoms with van der Waals surface area (Å²) in [5.74, 6) is -1.98. The maximum Gasteiger partial charge on any atom is 0.300 e. The third-order valence-corrected chi connectivity index (χ3v) is 5.54. The molecular weight excluding hydrogens is 464 g/mol. The fourth-order valence-corrected chi connectivity index (χ4v) is 3.81. The molecule has 0 aliphatic carbocycles. The smallest absolute Gasteiger partial charge is 0.300 e. The molecule has 1 atom stereocenters. The van der Waals surface area contributed by atoms with Crippen molar-refractivity contribution in [1.82, 2.24) is 0 Å². The normalized spacial score (nSPS) is 17.7. The summed E-state index contributed by atoms with van der Waals surface area (Å²) in [6.07, 6.45) is 0. The number of hydrogen-bond acceptors (Lipinski definition) is 5. The van der Waals surface area contributed by atoms with E-state index in [9.17, 15) is 24.8 Å². The van der Waals surface area contributed by atoms with Crippen molar-refractivity contribution >= 4 is 44.8 Å². The molecule has 1 heterocycles. The zero-order chi connectivity index (χ0) is 22.1. The Balaban J connectivity index is 1.91. The number of amides is 1. The van der Waals surface area contributed by atoms with Gasteiger partial charge in [-0.2, -0.15) is 0 Å². The molecule has 31 heavy (non-hydrogen) atoms. The van der Waals surface area contributed by atoms with E-state index in [1.807, 2.05) is 0 Å². The maximum absolute atomic E-state index is 13.0. The first-order chi connectivity index (χ1) is 14.9. The van der Waals surface area contributed by atoms with E-state index >= 15 is 0 Å². The van der Waals surface area contributed by atoms with Crippen molar-refractivity contribution in [2.24, 2.45) is 0 Å². The topological polar surface area (TPSA) is 101 Å². The third-order valence-electron chi connectivity index (χ3n) is 5.02. The van der Waals surface area contributed by atoms with Crippen LogP contribution in [0, 0.1) is 10.1 Å². The van der Waals surface area contributed by atoms with Gasteiger partial charge in [-0.25, -0.2) is 0 Å². The number of halogens is 1. The third kappa shape index (κ3) is 3.73. The number of carbonyl (C=O) groups excluding carboxylic acids is 2. The first kappa shape index (κ1) is 20.5. The molecule has 1 fully saturated rings. The summed E-state index contributed by atoms with van der Waals surface area (Å²) < 4.78 is 0.822. The molecule has 3 aromatic carbocycles. The molecule has 1 amide bonds. The number of non-ortho nitro benzene ring substituents is 1. The lowest BCUT2D eigenvalue weighted by Crippen LogP contribution is -2.29. The number of nitro groups is 1. The Morgan fingerprint density at radius 3 is 2.13 bits per heavy atom. The van der Waals surface area contributed by atoms with Crippen LogP contribution in [0.15, 0.2) is 88.9 Å². The molecule has 154 valence electrons. The summed E-state index contributed by atoms with van der Waals surface area (Å²) >= 11 is 3.37. The largest absolute Gasteiger partial charge is 0.507 e. The molecule has 1 N–H and O–H groups in total. The molecule has 0 spiro atoms. The second kappa shape index (κ2) is 8.16. The first-order valence-corrected chi connectivity index (χ1v) is 10.0. The lowest BCUT2D eigenvalue weighted by atomic mass is 9.95. The number of ketones is 1. The van der Waals surface area contributed by atoms with Crippen LogP contribution in [0.2, 0.25) is 0 Å². The summed E-state index contributed by atoms with van der Waals surface area (Å²) in [7, 11) is 0. The monoisotopic (exact) mass is 478 g/mol. The fraction of sp³-hybridized carbons (Fsp3) is 0.0435. The van der Waals surface area contributed by atoms with Crippen LogP contribution >= 0.6 is 15.9 Å². The number of carbonyl (C=O) groups is 2. The van der Waals surface area contributed by atoms with Gasteiger partial charge in [-0.1, -0.05) is 46.3 Å². The van der Waals surface area contributed by atoms with Crippen LogP contribution in [0.4, 0.5) is 11.4 Å². The Morgan fingerprint density at radius 1 is 0.935 bits per heavy atom. The number of aliphatic hydroxyl groups excluding tert-OH is 1. The van der Waals surface area contributed by atoms with Crippen LogP contribution in [0.1, 0.15) is 17.2 Å². The lowest BCUT2D eigenvalue weighted by molar-refractivity contribution is -0.384. The summed E-state index contributed by atoms with van der Waals surface area (Å²) in [6, 6.07) is 20.1. The second-order valence-corrected chi connectivity index (χ2v) is 7.78. The molecule has 3 aromatic rings. The van der Waals surface area contributed by atoms with Crippen molar-refractivity contribution in [1.29, 1.82) is 0 Å². The van der Waals surface area contributed by atoms with Crippen molar-refractivity contribution in [2.75, 3.05) is 4.90 Å². The molecule has 0 bridgehead atoms. The summed E-state index contributed by atoms with van der Waals surface area (Å²) in [5, 5.41) is 21.9. The van der Waals surface area contributed by atoms with E-state index < -0.39 is 22.7 Å². The Labute approximate surface area is 185 Å². The van der Waals surface area contributed by atoms with Crippen molar-refractivity contribution in [3.63, 3.8) is 0 Å². The van der Waals surface area contributed by atoms with Crippen LogP contribution in [0.5, 0.6) is 0 Å². The second-order valence-electron chi connectivity index (χ2n) is 6.86. The van der Waals surface area contributed by atoms with E-state index in [4.69, 9.17) is 0 Å². The molecule has 0 radical (unpaired) electrons. The van der Waals surface area contributed by atoms with Crippen molar-refractivity contribution in [3.05, 3.63) is 110 Å². The SMILES string of the molecule is O=C1C(=O)N(c2ccccc2)[C@H](c2ccc(Br)cc2)/C1=C(\O)c1ccc([N+](=O)[O-])cc1. The van der Waals surface area contributed by atoms with E-state index in [1.54, 1.807) is 54.6 Å². The fourth-order valence-electron chi connectivity index (χ4n) is 3.54. The zero-order valence-electron chi connectivity index (χ0n) is 15.9. The van der Waals surface area contributed by atoms with E-state index in [2.05, 4.69) is 15.9 Å². The quantitative estimate of drug-likeness (QED) is 0.187. The number of nitro benzene ring substituents is 1. The highest BCUT2D eigenvalue weighted by Gasteiger charge is 2.46. The number of benzene rings is 3. The average Bonchev–Trinajstić information content (AvgIpc) is 3.05. The minimum absolute atomic E-state index is 0.0787. The zero-order valence-corrected chi connectivity index (χ0v) is 17.5. The lowest BCUT2D eigenvalue weighted by Gasteiger charge is -2.25. The van der Waals surface area contributed by atoms with E-state index in [0.29, 0.717) is 11.3 Å². The summed E-state index contributed by atoms with van der Waals surface area (Å²) in [5.41, 5.74) is 1.13. The predicted octanol–water partition coefficient (Wildman–Crippen LogP) is 4.98. The molecular formula is C23H15BrN2O5. The molecule has 0 aromatic heterocycles. The van der Waals surface area contributed by atoms with Gasteiger partial charge < -0.3 is 5.11 Å². The van der Waals surface area contributed by atoms with Crippen LogP contribution < -0.4 is 4.90 Å². The molecule has 7 nitrogen and oxygen atoms in total. The first-order valence-electron chi connectivity index (χ1n) is 9.25. The van der Waals surface area contributed by atoms with Gasteiger partial charge in [-0.3, -0.25) is 24.6 Å². The van der Waals surface area contributed by atoms with Crippen molar-refractivity contribution in [3.8, 4) is 0 Å². The van der Waals surface area contributed by atoms with Gasteiger partial charge in [0, 0.05) is 27.9 Å². The molecule has 8 heteroatoms. The molecule has 0 saturated carbocycles. The van der Waals surface area contributed by atoms with Crippen molar-refractivity contribution in [2.45, 2.75) is 6.04 Å². The van der Waals surface area contributed by atoms with Gasteiger partial charge >= 0.3 is 0 Å². The van der Waals surface area contributed by atoms with Gasteiger partial charge in [-0.15, -0.1) is 0 Å². The number of Topliss-reactive ketones (excluding diaryl/α,β-unsaturated/α-hetero) is 1. The minimum atomic E-state index is -0.856. The standard InChI is InChI=1S/C23H15BrN2O5/c24-16-10-6-14(7-11-16)20-19(21(27)15-8-12-18(13-9-15)26(30)31)22(28)23(29)25(20)17-4-2-1-3-5-17/h1-13,20,27H/b21-19+/t20-/m1/s1. The highest BCUT2D eigenvalue weighted by molar-refractivity contribution is 9.10. The van der Waals surface area contributed by atoms with Gasteiger partial charge in [-0.05, 0) is 42.0 Å². The number of aliphatic hydroxyl groups is 1. The van der Waals surface area contributed by atoms with Gasteiger partial charge in [0.05, 0.1) is 16.5 Å². The van der Waals surface area contributed by atoms with Crippen LogP contribution in [0.25, 0.3) is 5.76 Å². The number of rotatable bonds is 4. The highest BCUT2D eigenvalue weighted by atomic mass is 79.9. The number of anilines is 1. The molecule has 1 aliphatic rings. The van der Waals surface area contributed by atoms with Gasteiger partial charge in [0.1, 0.15) is 5.76 Å². The summed E-state index contributed by atoms with van der Waals surface area (Å²) in [4.78, 5) is 37.7. The molecule has 0 unspecified atom stereocenters. The Kier molecular flexibility index (Phi) is 5.39. The molecule has 1 saturated heterocycles. The van der Waals surface area contributed by atoms with E-state index in [1.165, 1.54) is 29.2 Å². The number of para-hydroxylation sites is 1. The molecule has 1 aliphatic heterocycles. The maximum atomic E-state index is 13.0. The van der Waals surface area contributed by atoms with Gasteiger partial charge in [0.25, 0.3) is 17.4 Å². The Morgan fingerprint density at radius 2 is 1.55 bits per heavy atom. The van der Waals surface area contributed by atoms with E-state index in [-0.39, 0.29) is 22.6 Å². The average molecular weight is 479 g/mol. The predicted molar refractivity (Wildman–Crippen MR) is 118 cm³/mol. The number of hydrogen-bond donors (Lipinski definition) is 1. The van der Waals surface area contributed by atoms with Gasteiger partial charge in [0.15, 0.2) is 0 Å².